The van der Waals surface area contributed by atoms with Crippen LogP contribution in [-0.2, 0) is 6.42 Å². The number of rotatable bonds is 3. The highest BCUT2D eigenvalue weighted by molar-refractivity contribution is 5.48. The Morgan fingerprint density at radius 2 is 2.05 bits per heavy atom. The molecule has 0 fully saturated rings. The fourth-order valence-corrected chi connectivity index (χ4v) is 3.06. The average molecular weight is 271 g/mol. The summed E-state index contributed by atoms with van der Waals surface area (Å²) < 4.78 is 11.6. The summed E-state index contributed by atoms with van der Waals surface area (Å²) in [5.41, 5.74) is 3.70. The molecule has 106 valence electrons. The van der Waals surface area contributed by atoms with Crippen molar-refractivity contribution in [3.05, 3.63) is 52.5 Å². The third-order valence-electron chi connectivity index (χ3n) is 3.95. The molecule has 3 heteroatoms. The minimum Gasteiger partial charge on any atom is -0.493 e. The maximum absolute atomic E-state index is 5.93. The molecule has 1 N–H and O–H groups in total. The second kappa shape index (κ2) is 5.33. The molecule has 0 saturated heterocycles. The summed E-state index contributed by atoms with van der Waals surface area (Å²) in [7, 11) is 1.98. The number of furan rings is 1. The van der Waals surface area contributed by atoms with Gasteiger partial charge in [0.05, 0.1) is 12.6 Å². The normalized spacial score (nSPS) is 15.6. The number of hydrogen-bond donors (Lipinski definition) is 1. The molecule has 0 amide bonds. The molecule has 1 aliphatic rings. The smallest absolute Gasteiger partial charge is 0.127 e. The van der Waals surface area contributed by atoms with E-state index in [4.69, 9.17) is 9.15 Å². The molecule has 1 aromatic heterocycles. The first-order valence-electron chi connectivity index (χ1n) is 7.19. The summed E-state index contributed by atoms with van der Waals surface area (Å²) in [5, 5.41) is 3.40. The van der Waals surface area contributed by atoms with Crippen LogP contribution < -0.4 is 10.1 Å². The Bertz CT molecular complexity index is 615. The Morgan fingerprint density at radius 3 is 2.75 bits per heavy atom. The monoisotopic (exact) mass is 271 g/mol. The fourth-order valence-electron chi connectivity index (χ4n) is 3.06. The van der Waals surface area contributed by atoms with E-state index in [1.54, 1.807) is 0 Å². The van der Waals surface area contributed by atoms with Gasteiger partial charge in [0, 0.05) is 11.1 Å². The SMILES string of the molecule is CNC(c1cc(C)oc1C)c1cccc2c1OCCC2. The summed E-state index contributed by atoms with van der Waals surface area (Å²) in [5.74, 6) is 2.97. The van der Waals surface area contributed by atoms with Gasteiger partial charge in [-0.1, -0.05) is 18.2 Å². The predicted octanol–water partition coefficient (Wildman–Crippen LogP) is 3.53. The van der Waals surface area contributed by atoms with Gasteiger partial charge >= 0.3 is 0 Å². The summed E-state index contributed by atoms with van der Waals surface area (Å²) in [4.78, 5) is 0. The van der Waals surface area contributed by atoms with E-state index in [9.17, 15) is 0 Å². The number of benzene rings is 1. The van der Waals surface area contributed by atoms with Gasteiger partial charge < -0.3 is 14.5 Å². The second-order valence-corrected chi connectivity index (χ2v) is 5.38. The van der Waals surface area contributed by atoms with E-state index in [2.05, 4.69) is 29.6 Å². The first-order valence-corrected chi connectivity index (χ1v) is 7.19. The Labute approximate surface area is 119 Å². The van der Waals surface area contributed by atoms with Gasteiger partial charge in [0.15, 0.2) is 0 Å². The zero-order valence-electron chi connectivity index (χ0n) is 12.3. The van der Waals surface area contributed by atoms with Crippen LogP contribution >= 0.6 is 0 Å². The molecule has 1 aromatic carbocycles. The zero-order valence-corrected chi connectivity index (χ0v) is 12.3. The van der Waals surface area contributed by atoms with Crippen molar-refractivity contribution in [2.45, 2.75) is 32.7 Å². The summed E-state index contributed by atoms with van der Waals surface area (Å²) in [6, 6.07) is 8.65. The van der Waals surface area contributed by atoms with Crippen molar-refractivity contribution in [1.82, 2.24) is 5.32 Å². The molecular formula is C17H21NO2. The van der Waals surface area contributed by atoms with E-state index in [1.165, 1.54) is 16.7 Å². The van der Waals surface area contributed by atoms with Gasteiger partial charge in [-0.3, -0.25) is 0 Å². The van der Waals surface area contributed by atoms with Gasteiger partial charge in [-0.05, 0) is 45.4 Å². The van der Waals surface area contributed by atoms with Crippen LogP contribution in [-0.4, -0.2) is 13.7 Å². The Hall–Kier alpha value is -1.74. The van der Waals surface area contributed by atoms with Crippen LogP contribution in [0, 0.1) is 13.8 Å². The van der Waals surface area contributed by atoms with E-state index in [0.29, 0.717) is 0 Å². The van der Waals surface area contributed by atoms with Crippen LogP contribution in [0.2, 0.25) is 0 Å². The van der Waals surface area contributed by atoms with Crippen molar-refractivity contribution in [3.8, 4) is 5.75 Å². The van der Waals surface area contributed by atoms with Crippen LogP contribution in [0.15, 0.2) is 28.7 Å². The summed E-state index contributed by atoms with van der Waals surface area (Å²) in [6.07, 6.45) is 2.20. The van der Waals surface area contributed by atoms with Crippen LogP contribution in [0.25, 0.3) is 0 Å². The number of ether oxygens (including phenoxy) is 1. The first-order chi connectivity index (χ1) is 9.70. The van der Waals surface area contributed by atoms with Gasteiger partial charge in [0.1, 0.15) is 17.3 Å². The third kappa shape index (κ3) is 2.22. The van der Waals surface area contributed by atoms with Crippen LogP contribution in [0.4, 0.5) is 0 Å². The van der Waals surface area contributed by atoms with Crippen LogP contribution in [0.5, 0.6) is 5.75 Å². The van der Waals surface area contributed by atoms with Gasteiger partial charge in [-0.2, -0.15) is 0 Å². The zero-order chi connectivity index (χ0) is 14.1. The number of hydrogen-bond acceptors (Lipinski definition) is 3. The van der Waals surface area contributed by atoms with E-state index < -0.39 is 0 Å². The lowest BCUT2D eigenvalue weighted by Crippen LogP contribution is -2.21. The van der Waals surface area contributed by atoms with Crippen molar-refractivity contribution in [1.29, 1.82) is 0 Å². The molecule has 20 heavy (non-hydrogen) atoms. The molecule has 0 spiro atoms. The number of para-hydroxylation sites is 1. The molecule has 1 unspecified atom stereocenters. The molecule has 0 saturated carbocycles. The predicted molar refractivity (Wildman–Crippen MR) is 79.3 cm³/mol. The van der Waals surface area contributed by atoms with Gasteiger partial charge in [-0.25, -0.2) is 0 Å². The number of nitrogens with one attached hydrogen (secondary N) is 1. The Morgan fingerprint density at radius 1 is 1.20 bits per heavy atom. The van der Waals surface area contributed by atoms with E-state index in [-0.39, 0.29) is 6.04 Å². The molecule has 2 heterocycles. The highest BCUT2D eigenvalue weighted by atomic mass is 16.5. The Kier molecular flexibility index (Phi) is 3.53. The Balaban J connectivity index is 2.08. The van der Waals surface area contributed by atoms with Crippen molar-refractivity contribution in [2.75, 3.05) is 13.7 Å². The lowest BCUT2D eigenvalue weighted by Gasteiger charge is -2.25. The standard InChI is InChI=1S/C17H21NO2/c1-11-10-15(12(2)20-11)16(18-3)14-8-4-6-13-7-5-9-19-17(13)14/h4,6,8,10,16,18H,5,7,9H2,1-3H3. The quantitative estimate of drug-likeness (QED) is 0.927. The molecule has 0 radical (unpaired) electrons. The lowest BCUT2D eigenvalue weighted by atomic mass is 9.94. The second-order valence-electron chi connectivity index (χ2n) is 5.38. The minimum atomic E-state index is 0.112. The molecule has 2 aromatic rings. The van der Waals surface area contributed by atoms with Crippen LogP contribution in [0.3, 0.4) is 0 Å². The van der Waals surface area contributed by atoms with E-state index in [1.807, 2.05) is 20.9 Å². The van der Waals surface area contributed by atoms with E-state index in [0.717, 1.165) is 36.7 Å². The number of aryl methyl sites for hydroxylation is 3. The number of fused-ring (bicyclic) bond motifs is 1. The molecule has 1 aliphatic heterocycles. The maximum atomic E-state index is 5.93. The van der Waals surface area contributed by atoms with Crippen molar-refractivity contribution >= 4 is 0 Å². The van der Waals surface area contributed by atoms with Gasteiger partial charge in [0.25, 0.3) is 0 Å². The lowest BCUT2D eigenvalue weighted by molar-refractivity contribution is 0.283. The van der Waals surface area contributed by atoms with Crippen molar-refractivity contribution in [3.63, 3.8) is 0 Å². The first kappa shape index (κ1) is 13.3. The topological polar surface area (TPSA) is 34.4 Å². The highest BCUT2D eigenvalue weighted by Gasteiger charge is 2.24. The van der Waals surface area contributed by atoms with Crippen molar-refractivity contribution < 1.29 is 9.15 Å². The fraction of sp³-hybridized carbons (Fsp3) is 0.412. The minimum absolute atomic E-state index is 0.112. The van der Waals surface area contributed by atoms with Crippen LogP contribution in [0.1, 0.15) is 40.7 Å². The highest BCUT2D eigenvalue weighted by Crippen LogP contribution is 2.37. The molecule has 3 rings (SSSR count). The molecule has 0 aliphatic carbocycles. The molecule has 0 bridgehead atoms. The third-order valence-corrected chi connectivity index (χ3v) is 3.95. The molecular weight excluding hydrogens is 250 g/mol. The average Bonchev–Trinajstić information content (AvgIpc) is 2.79. The molecule has 1 atom stereocenters. The van der Waals surface area contributed by atoms with Gasteiger partial charge in [0.2, 0.25) is 0 Å². The van der Waals surface area contributed by atoms with Crippen molar-refractivity contribution in [2.24, 2.45) is 0 Å². The molecule has 3 nitrogen and oxygen atoms in total. The van der Waals surface area contributed by atoms with E-state index >= 15 is 0 Å². The largest absolute Gasteiger partial charge is 0.493 e. The summed E-state index contributed by atoms with van der Waals surface area (Å²) in [6.45, 7) is 4.81. The van der Waals surface area contributed by atoms with Gasteiger partial charge in [-0.15, -0.1) is 0 Å². The maximum Gasteiger partial charge on any atom is 0.127 e. The summed E-state index contributed by atoms with van der Waals surface area (Å²) >= 11 is 0.